The molecule has 0 radical (unpaired) electrons. The molecule has 2 N–H and O–H groups in total. The quantitative estimate of drug-likeness (QED) is 0.700. The van der Waals surface area contributed by atoms with Crippen LogP contribution < -0.4 is 5.73 Å². The summed E-state index contributed by atoms with van der Waals surface area (Å²) in [4.78, 5) is 27.0. The van der Waals surface area contributed by atoms with E-state index in [4.69, 9.17) is 5.73 Å². The second kappa shape index (κ2) is 8.91. The van der Waals surface area contributed by atoms with Crippen LogP contribution in [0.15, 0.2) is 0 Å². The predicted molar refractivity (Wildman–Crippen MR) is 73.1 cm³/mol. The molecule has 1 unspecified atom stereocenters. The molecular formula is C13H27N3O2. The van der Waals surface area contributed by atoms with E-state index >= 15 is 0 Å². The Morgan fingerprint density at radius 2 is 1.61 bits per heavy atom. The van der Waals surface area contributed by atoms with Crippen molar-refractivity contribution in [3.63, 3.8) is 0 Å². The van der Waals surface area contributed by atoms with Gasteiger partial charge in [-0.25, -0.2) is 0 Å². The Morgan fingerprint density at radius 3 is 2.06 bits per heavy atom. The Hall–Kier alpha value is -1.10. The van der Waals surface area contributed by atoms with E-state index in [-0.39, 0.29) is 17.9 Å². The summed E-state index contributed by atoms with van der Waals surface area (Å²) in [7, 11) is 1.76. The molecule has 0 spiro atoms. The molecule has 0 saturated carbocycles. The summed E-state index contributed by atoms with van der Waals surface area (Å²) < 4.78 is 0. The molecule has 0 saturated heterocycles. The molecule has 0 heterocycles. The van der Waals surface area contributed by atoms with E-state index in [1.54, 1.807) is 16.8 Å². The number of amides is 2. The summed E-state index contributed by atoms with van der Waals surface area (Å²) >= 11 is 0. The molecule has 0 aliphatic rings. The molecule has 1 atom stereocenters. The lowest BCUT2D eigenvalue weighted by Crippen LogP contribution is -2.39. The standard InChI is InChI=1S/C13H27N3O2/c1-5-16(6-2)13(18)9-7-8-12(17)15(4)11(3)10-14/h11H,5-10,14H2,1-4H3. The molecule has 0 bridgehead atoms. The minimum absolute atomic E-state index is 0.0518. The zero-order valence-electron chi connectivity index (χ0n) is 12.1. The van der Waals surface area contributed by atoms with E-state index in [1.807, 2.05) is 20.8 Å². The largest absolute Gasteiger partial charge is 0.343 e. The maximum absolute atomic E-state index is 11.8. The van der Waals surface area contributed by atoms with Gasteiger partial charge < -0.3 is 15.5 Å². The maximum Gasteiger partial charge on any atom is 0.222 e. The van der Waals surface area contributed by atoms with Crippen molar-refractivity contribution in [3.8, 4) is 0 Å². The van der Waals surface area contributed by atoms with Crippen LogP contribution in [-0.2, 0) is 9.59 Å². The highest BCUT2D eigenvalue weighted by Crippen LogP contribution is 2.05. The fourth-order valence-electron chi connectivity index (χ4n) is 1.71. The molecule has 5 heteroatoms. The lowest BCUT2D eigenvalue weighted by Gasteiger charge is -2.24. The van der Waals surface area contributed by atoms with Crippen LogP contribution in [-0.4, -0.2) is 54.3 Å². The third-order valence-corrected chi connectivity index (χ3v) is 3.29. The van der Waals surface area contributed by atoms with Gasteiger partial charge in [0.1, 0.15) is 0 Å². The average molecular weight is 257 g/mol. The summed E-state index contributed by atoms with van der Waals surface area (Å²) in [6.07, 6.45) is 1.46. The first-order valence-corrected chi connectivity index (χ1v) is 6.71. The number of nitrogens with two attached hydrogens (primary N) is 1. The summed E-state index contributed by atoms with van der Waals surface area (Å²) in [5.41, 5.74) is 5.51. The van der Waals surface area contributed by atoms with Crippen LogP contribution >= 0.6 is 0 Å². The van der Waals surface area contributed by atoms with E-state index in [0.29, 0.717) is 25.8 Å². The van der Waals surface area contributed by atoms with Crippen molar-refractivity contribution < 1.29 is 9.59 Å². The van der Waals surface area contributed by atoms with Gasteiger partial charge in [-0.05, 0) is 27.2 Å². The minimum atomic E-state index is 0.0518. The monoisotopic (exact) mass is 257 g/mol. The van der Waals surface area contributed by atoms with Gasteiger partial charge in [0, 0.05) is 45.6 Å². The maximum atomic E-state index is 11.8. The van der Waals surface area contributed by atoms with Crippen molar-refractivity contribution >= 4 is 11.8 Å². The van der Waals surface area contributed by atoms with Gasteiger partial charge in [-0.1, -0.05) is 0 Å². The number of rotatable bonds is 8. The Morgan fingerprint density at radius 1 is 1.11 bits per heavy atom. The number of likely N-dealkylation sites (N-methyl/N-ethyl adjacent to an activating group) is 1. The van der Waals surface area contributed by atoms with E-state index in [9.17, 15) is 9.59 Å². The van der Waals surface area contributed by atoms with Crippen molar-refractivity contribution in [2.75, 3.05) is 26.7 Å². The highest BCUT2D eigenvalue weighted by Gasteiger charge is 2.15. The lowest BCUT2D eigenvalue weighted by atomic mass is 10.2. The van der Waals surface area contributed by atoms with Crippen molar-refractivity contribution in [2.24, 2.45) is 5.73 Å². The molecule has 2 amide bonds. The zero-order chi connectivity index (χ0) is 14.1. The molecule has 0 aliphatic heterocycles. The molecule has 0 aliphatic carbocycles. The van der Waals surface area contributed by atoms with Crippen molar-refractivity contribution in [1.82, 2.24) is 9.80 Å². The number of hydrogen-bond donors (Lipinski definition) is 1. The highest BCUT2D eigenvalue weighted by molar-refractivity contribution is 5.79. The van der Waals surface area contributed by atoms with Gasteiger partial charge in [0.15, 0.2) is 0 Å². The number of hydrogen-bond acceptors (Lipinski definition) is 3. The number of carbonyl (C=O) groups is 2. The Bertz CT molecular complexity index is 265. The molecule has 0 aromatic carbocycles. The van der Waals surface area contributed by atoms with Crippen LogP contribution in [0.3, 0.4) is 0 Å². The fraction of sp³-hybridized carbons (Fsp3) is 0.846. The first-order chi connectivity index (χ1) is 8.47. The molecule has 0 fully saturated rings. The van der Waals surface area contributed by atoms with Crippen molar-refractivity contribution in [1.29, 1.82) is 0 Å². The van der Waals surface area contributed by atoms with Gasteiger partial charge in [0.05, 0.1) is 0 Å². The van der Waals surface area contributed by atoms with E-state index < -0.39 is 0 Å². The average Bonchev–Trinajstić information content (AvgIpc) is 2.38. The first kappa shape index (κ1) is 16.9. The van der Waals surface area contributed by atoms with Crippen LogP contribution in [0.4, 0.5) is 0 Å². The third kappa shape index (κ3) is 5.49. The Kier molecular flexibility index (Phi) is 8.37. The molecule has 5 nitrogen and oxygen atoms in total. The summed E-state index contributed by atoms with van der Waals surface area (Å²) in [6.45, 7) is 7.76. The molecule has 106 valence electrons. The van der Waals surface area contributed by atoms with Gasteiger partial charge in [-0.15, -0.1) is 0 Å². The molecule has 0 rings (SSSR count). The Labute approximate surface area is 110 Å². The predicted octanol–water partition coefficient (Wildman–Crippen LogP) is 0.831. The zero-order valence-corrected chi connectivity index (χ0v) is 12.1. The Balaban J connectivity index is 3.97. The summed E-state index contributed by atoms with van der Waals surface area (Å²) in [5.74, 6) is 0.183. The fourth-order valence-corrected chi connectivity index (χ4v) is 1.71. The van der Waals surface area contributed by atoms with Crippen LogP contribution in [0.5, 0.6) is 0 Å². The summed E-state index contributed by atoms with van der Waals surface area (Å²) in [6, 6.07) is 0.0518. The van der Waals surface area contributed by atoms with Crippen LogP contribution in [0.25, 0.3) is 0 Å². The number of carbonyl (C=O) groups excluding carboxylic acids is 2. The topological polar surface area (TPSA) is 66.6 Å². The van der Waals surface area contributed by atoms with E-state index in [0.717, 1.165) is 13.1 Å². The summed E-state index contributed by atoms with van der Waals surface area (Å²) in [5, 5.41) is 0. The van der Waals surface area contributed by atoms with Crippen molar-refractivity contribution in [2.45, 2.75) is 46.1 Å². The van der Waals surface area contributed by atoms with Gasteiger partial charge in [-0.2, -0.15) is 0 Å². The highest BCUT2D eigenvalue weighted by atomic mass is 16.2. The van der Waals surface area contributed by atoms with Crippen LogP contribution in [0.2, 0.25) is 0 Å². The SMILES string of the molecule is CCN(CC)C(=O)CCCC(=O)N(C)C(C)CN. The van der Waals surface area contributed by atoms with Crippen LogP contribution in [0.1, 0.15) is 40.0 Å². The molecule has 0 aromatic heterocycles. The smallest absolute Gasteiger partial charge is 0.222 e. The third-order valence-electron chi connectivity index (χ3n) is 3.29. The second-order valence-electron chi connectivity index (χ2n) is 4.51. The van der Waals surface area contributed by atoms with Gasteiger partial charge in [0.25, 0.3) is 0 Å². The molecule has 0 aromatic rings. The normalized spacial score (nSPS) is 12.1. The number of nitrogens with zero attached hydrogens (tertiary/aromatic N) is 2. The minimum Gasteiger partial charge on any atom is -0.343 e. The van der Waals surface area contributed by atoms with E-state index in [2.05, 4.69) is 0 Å². The van der Waals surface area contributed by atoms with Gasteiger partial charge in [0.2, 0.25) is 11.8 Å². The van der Waals surface area contributed by atoms with Crippen LogP contribution in [0, 0.1) is 0 Å². The van der Waals surface area contributed by atoms with Gasteiger partial charge >= 0.3 is 0 Å². The first-order valence-electron chi connectivity index (χ1n) is 6.71. The lowest BCUT2D eigenvalue weighted by molar-refractivity contribution is -0.132. The van der Waals surface area contributed by atoms with Gasteiger partial charge in [-0.3, -0.25) is 9.59 Å². The second-order valence-corrected chi connectivity index (χ2v) is 4.51. The van der Waals surface area contributed by atoms with E-state index in [1.165, 1.54) is 0 Å². The molecular weight excluding hydrogens is 230 g/mol. The van der Waals surface area contributed by atoms with Crippen molar-refractivity contribution in [3.05, 3.63) is 0 Å². The molecule has 18 heavy (non-hydrogen) atoms.